The van der Waals surface area contributed by atoms with Gasteiger partial charge in [0.15, 0.2) is 0 Å². The van der Waals surface area contributed by atoms with Gasteiger partial charge in [-0.3, -0.25) is 0 Å². The van der Waals surface area contributed by atoms with Crippen LogP contribution in [-0.4, -0.2) is 37.7 Å². The van der Waals surface area contributed by atoms with Crippen LogP contribution in [0.3, 0.4) is 0 Å². The van der Waals surface area contributed by atoms with Gasteiger partial charge in [-0.15, -0.1) is 0 Å². The monoisotopic (exact) mass is 961 g/mol. The molecule has 1 rings (SSSR count). The van der Waals surface area contributed by atoms with E-state index in [-0.39, 0.29) is 23.3 Å². The first kappa shape index (κ1) is 63.9. The van der Waals surface area contributed by atoms with Gasteiger partial charge in [0, 0.05) is 0 Å². The summed E-state index contributed by atoms with van der Waals surface area (Å²) < 4.78 is 17.0. The van der Waals surface area contributed by atoms with E-state index in [9.17, 15) is 14.4 Å². The Morgan fingerprint density at radius 3 is 0.841 bits per heavy atom. The second-order valence-electron chi connectivity index (χ2n) is 19.9. The highest BCUT2D eigenvalue weighted by Gasteiger charge is 2.22. The van der Waals surface area contributed by atoms with E-state index >= 15 is 0 Å². The molecular weight excluding hydrogens is 853 g/mol. The summed E-state index contributed by atoms with van der Waals surface area (Å²) in [5, 5.41) is 0. The summed E-state index contributed by atoms with van der Waals surface area (Å²) in [6, 6.07) is 4.56. The smallest absolute Gasteiger partial charge is 0.339 e. The second kappa shape index (κ2) is 51.2. The molecule has 0 saturated carbocycles. The molecular formula is C63H108O6. The van der Waals surface area contributed by atoms with Gasteiger partial charge in [-0.2, -0.15) is 0 Å². The van der Waals surface area contributed by atoms with Crippen molar-refractivity contribution >= 4 is 17.9 Å². The highest BCUT2D eigenvalue weighted by atomic mass is 16.5. The van der Waals surface area contributed by atoms with Crippen LogP contribution in [0.2, 0.25) is 0 Å². The summed E-state index contributed by atoms with van der Waals surface area (Å²) in [7, 11) is 0. The average Bonchev–Trinajstić information content (AvgIpc) is 3.36. The molecule has 0 spiro atoms. The summed E-state index contributed by atoms with van der Waals surface area (Å²) in [5.41, 5.74) is 0.471. The lowest BCUT2D eigenvalue weighted by Gasteiger charge is -2.12. The molecule has 0 unspecified atom stereocenters. The Kier molecular flexibility index (Phi) is 47.4. The number of carbonyl (C=O) groups is 3. The predicted octanol–water partition coefficient (Wildman–Crippen LogP) is 20.3. The first-order valence-corrected chi connectivity index (χ1v) is 29.6. The van der Waals surface area contributed by atoms with Gasteiger partial charge >= 0.3 is 17.9 Å². The molecule has 69 heavy (non-hydrogen) atoms. The van der Waals surface area contributed by atoms with Gasteiger partial charge < -0.3 is 14.2 Å². The molecule has 1 aromatic carbocycles. The van der Waals surface area contributed by atoms with Crippen LogP contribution < -0.4 is 0 Å². The van der Waals surface area contributed by atoms with Crippen molar-refractivity contribution in [3.63, 3.8) is 0 Å². The summed E-state index contributed by atoms with van der Waals surface area (Å²) >= 11 is 0. The quantitative estimate of drug-likeness (QED) is 0.0280. The minimum absolute atomic E-state index is 0.0757. The molecule has 6 nitrogen and oxygen atoms in total. The molecule has 0 N–H and O–H groups in total. The predicted molar refractivity (Wildman–Crippen MR) is 296 cm³/mol. The topological polar surface area (TPSA) is 78.9 Å². The van der Waals surface area contributed by atoms with E-state index in [1.54, 1.807) is 6.07 Å². The van der Waals surface area contributed by atoms with Crippen LogP contribution in [0.1, 0.15) is 322 Å². The lowest BCUT2D eigenvalue weighted by Crippen LogP contribution is -2.17. The van der Waals surface area contributed by atoms with Crippen LogP contribution in [0, 0.1) is 0 Å². The number of hydrogen-bond donors (Lipinski definition) is 0. The number of carbonyl (C=O) groups excluding carboxylic acids is 3. The maximum Gasteiger partial charge on any atom is 0.339 e. The highest BCUT2D eigenvalue weighted by molar-refractivity contribution is 6.05. The van der Waals surface area contributed by atoms with E-state index in [0.29, 0.717) is 13.2 Å². The minimum Gasteiger partial charge on any atom is -0.462 e. The van der Waals surface area contributed by atoms with Gasteiger partial charge in [-0.05, 0) is 95.2 Å². The van der Waals surface area contributed by atoms with Crippen molar-refractivity contribution in [1.29, 1.82) is 0 Å². The third-order valence-electron chi connectivity index (χ3n) is 13.4. The van der Waals surface area contributed by atoms with Crippen molar-refractivity contribution in [1.82, 2.24) is 0 Å². The maximum atomic E-state index is 13.5. The largest absolute Gasteiger partial charge is 0.462 e. The number of allylic oxidation sites excluding steroid dienone is 6. The van der Waals surface area contributed by atoms with E-state index in [4.69, 9.17) is 14.2 Å². The summed E-state index contributed by atoms with van der Waals surface area (Å²) in [4.78, 5) is 39.9. The zero-order valence-electron chi connectivity index (χ0n) is 45.5. The average molecular weight is 962 g/mol. The molecule has 6 heteroatoms. The normalized spacial score (nSPS) is 11.7. The molecule has 0 aromatic heterocycles. The second-order valence-corrected chi connectivity index (χ2v) is 19.9. The molecule has 0 aliphatic rings. The summed E-state index contributed by atoms with van der Waals surface area (Å²) in [6.07, 6.45) is 65.1. The van der Waals surface area contributed by atoms with Crippen LogP contribution in [0.4, 0.5) is 0 Å². The summed E-state index contributed by atoms with van der Waals surface area (Å²) in [6.45, 7) is 7.50. The number of rotatable bonds is 51. The van der Waals surface area contributed by atoms with Crippen LogP contribution in [-0.2, 0) is 14.2 Å². The number of unbranched alkanes of at least 4 members (excludes halogenated alkanes) is 36. The Morgan fingerprint density at radius 1 is 0.304 bits per heavy atom. The molecule has 0 fully saturated rings. The SMILES string of the molecule is CC/C=C/CCCCCCCCCCCCCCOC(=O)c1ccc(C(=O)OCCCCCCCCCCCCCC/C=C/CC)c(C(=O)OCCCCCCCCCCCCCC/C=C/CC)c1. The fourth-order valence-electron chi connectivity index (χ4n) is 9.00. The molecule has 0 aliphatic heterocycles. The van der Waals surface area contributed by atoms with E-state index in [1.165, 1.54) is 205 Å². The van der Waals surface area contributed by atoms with Gasteiger partial charge in [0.1, 0.15) is 0 Å². The minimum atomic E-state index is -0.593. The van der Waals surface area contributed by atoms with Crippen LogP contribution in [0.5, 0.6) is 0 Å². The lowest BCUT2D eigenvalue weighted by atomic mass is 10.0. The molecule has 0 heterocycles. The summed E-state index contributed by atoms with van der Waals surface area (Å²) in [5.74, 6) is -1.63. The van der Waals surface area contributed by atoms with Crippen LogP contribution in [0.25, 0.3) is 0 Å². The van der Waals surface area contributed by atoms with Gasteiger partial charge in [0.05, 0.1) is 36.5 Å². The number of esters is 3. The van der Waals surface area contributed by atoms with E-state index in [2.05, 4.69) is 57.2 Å². The molecule has 0 amide bonds. The third-order valence-corrected chi connectivity index (χ3v) is 13.4. The van der Waals surface area contributed by atoms with E-state index in [1.807, 2.05) is 0 Å². The Hall–Kier alpha value is -3.15. The molecule has 0 atom stereocenters. The fraction of sp³-hybridized carbons (Fsp3) is 0.762. The Morgan fingerprint density at radius 2 is 0.551 bits per heavy atom. The first-order chi connectivity index (χ1) is 34.0. The van der Waals surface area contributed by atoms with Crippen molar-refractivity contribution in [3.8, 4) is 0 Å². The lowest BCUT2D eigenvalue weighted by molar-refractivity contribution is 0.0447. The standard InChI is InChI=1S/C63H108O6/c1-4-7-10-13-16-19-22-25-28-31-34-37-40-43-46-49-54-67-61(64)58-52-53-59(62(65)68-55-50-47-44-41-38-35-32-29-26-23-20-17-14-11-8-5-2)60(57-58)63(66)69-56-51-48-45-42-39-36-33-30-27-24-21-18-15-12-9-6-3/h7-12,52-53,57H,4-6,13-51,54-56H2,1-3H3/b10-7+,11-8+,12-9+. The van der Waals surface area contributed by atoms with Crippen LogP contribution in [0.15, 0.2) is 54.7 Å². The van der Waals surface area contributed by atoms with Crippen molar-refractivity contribution < 1.29 is 28.6 Å². The maximum absolute atomic E-state index is 13.5. The molecule has 396 valence electrons. The Labute approximate surface area is 426 Å². The Bertz CT molecular complexity index is 1410. The fourth-order valence-corrected chi connectivity index (χ4v) is 9.00. The zero-order chi connectivity index (χ0) is 49.8. The molecule has 0 bridgehead atoms. The van der Waals surface area contributed by atoms with Crippen molar-refractivity contribution in [2.24, 2.45) is 0 Å². The van der Waals surface area contributed by atoms with Crippen molar-refractivity contribution in [2.75, 3.05) is 19.8 Å². The molecule has 1 aromatic rings. The van der Waals surface area contributed by atoms with Gasteiger partial charge in [0.25, 0.3) is 0 Å². The van der Waals surface area contributed by atoms with Gasteiger partial charge in [-0.25, -0.2) is 14.4 Å². The van der Waals surface area contributed by atoms with Gasteiger partial charge in [-0.1, -0.05) is 250 Å². The van der Waals surface area contributed by atoms with E-state index < -0.39 is 17.9 Å². The number of ether oxygens (including phenoxy) is 3. The zero-order valence-corrected chi connectivity index (χ0v) is 45.5. The molecule has 0 aliphatic carbocycles. The number of hydrogen-bond acceptors (Lipinski definition) is 6. The van der Waals surface area contributed by atoms with Crippen LogP contribution >= 0.6 is 0 Å². The number of benzene rings is 1. The van der Waals surface area contributed by atoms with Crippen molar-refractivity contribution in [2.45, 2.75) is 290 Å². The Balaban J connectivity index is 2.44. The van der Waals surface area contributed by atoms with E-state index in [0.717, 1.165) is 77.0 Å². The highest BCUT2D eigenvalue weighted by Crippen LogP contribution is 2.20. The molecule has 0 radical (unpaired) electrons. The third kappa shape index (κ3) is 41.2. The first-order valence-electron chi connectivity index (χ1n) is 29.6. The van der Waals surface area contributed by atoms with Gasteiger partial charge in [0.2, 0.25) is 0 Å². The molecule has 0 saturated heterocycles. The van der Waals surface area contributed by atoms with Crippen molar-refractivity contribution in [3.05, 3.63) is 71.3 Å².